The molecule has 0 aliphatic carbocycles. The number of amides is 4. The second kappa shape index (κ2) is 28.2. The topological polar surface area (TPSA) is 291 Å². The normalized spacial score (nSPS) is 11.2. The molecule has 32 heteroatoms. The van der Waals surface area contributed by atoms with E-state index in [1.165, 1.54) is 60.7 Å². The molecule has 0 saturated carbocycles. The molecular weight excluding hydrogens is 1150 g/mol. The lowest BCUT2D eigenvalue weighted by Crippen LogP contribution is -2.16. The van der Waals surface area contributed by atoms with Crippen molar-refractivity contribution in [2.45, 2.75) is 12.8 Å². The number of carboxylic acid groups (broad SMARTS) is 1. The average molecular weight is 1170 g/mol. The lowest BCUT2D eigenvalue weighted by Gasteiger charge is -2.05. The van der Waals surface area contributed by atoms with E-state index in [-0.39, 0.29) is 94.5 Å². The van der Waals surface area contributed by atoms with Gasteiger partial charge in [-0.1, -0.05) is 92.8 Å². The Kier molecular flexibility index (Phi) is 23.5. The third-order valence-electron chi connectivity index (χ3n) is 7.49. The minimum atomic E-state index is -1.09. The monoisotopic (exact) mass is 1170 g/mol. The molecule has 0 bridgehead atoms. The SMILES string of the molecule is Nc1ccc(F)cc1Cl.O=C(Cl)c1cc(Cl)[nH]n1.O=C(Nc1ccc(F)cc1Cl)c1cc(Cl)[nH]n1.O=C(Nc1ccc(F)cc1Cl)c1n[nH]c(Cl)c1Cl.O=C(O)c1cc(Cl)[nH]n1.O=C1CCC(=O)N1Cl. The van der Waals surface area contributed by atoms with Crippen LogP contribution in [-0.4, -0.2) is 85.2 Å². The molecule has 5 heterocycles. The summed E-state index contributed by atoms with van der Waals surface area (Å²) in [7, 11) is 0. The van der Waals surface area contributed by atoms with Crippen LogP contribution >= 0.6 is 116 Å². The number of carbonyl (C=O) groups is 6. The van der Waals surface area contributed by atoms with Crippen LogP contribution in [0.15, 0.2) is 72.8 Å². The molecule has 0 atom stereocenters. The smallest absolute Gasteiger partial charge is 0.356 e. The van der Waals surface area contributed by atoms with Crippen LogP contribution in [0.5, 0.6) is 0 Å². The van der Waals surface area contributed by atoms with Crippen LogP contribution in [0.25, 0.3) is 0 Å². The second-order valence-electron chi connectivity index (χ2n) is 12.5. The molecule has 3 aromatic carbocycles. The zero-order valence-corrected chi connectivity index (χ0v) is 41.5. The van der Waals surface area contributed by atoms with Gasteiger partial charge in [0.25, 0.3) is 17.1 Å². The Morgan fingerprint density at radius 1 is 0.586 bits per heavy atom. The Hall–Kier alpha value is -5.79. The van der Waals surface area contributed by atoms with E-state index in [2.05, 4.69) is 51.4 Å². The van der Waals surface area contributed by atoms with Gasteiger partial charge in [0, 0.05) is 42.8 Å². The number of aromatic amines is 4. The first-order valence-electron chi connectivity index (χ1n) is 18.1. The molecule has 4 aromatic heterocycles. The van der Waals surface area contributed by atoms with E-state index in [0.29, 0.717) is 20.9 Å². The maximum atomic E-state index is 12.8. The zero-order valence-electron chi connectivity index (χ0n) is 34.0. The third kappa shape index (κ3) is 19.2. The van der Waals surface area contributed by atoms with Crippen LogP contribution in [0, 0.1) is 17.5 Å². The van der Waals surface area contributed by atoms with Crippen molar-refractivity contribution in [3.05, 3.63) is 154 Å². The number of aromatic nitrogens is 8. The molecule has 1 aliphatic rings. The number of hydrogen-bond acceptors (Lipinski definition) is 11. The standard InChI is InChI=1S/C10H5Cl3FN3O.C10H6Cl2FN3O.C6H5ClFN.C4H2Cl2N2O.C4H3ClN2O2.C4H4ClNO2/c11-5-3-4(14)1-2-6(5)15-10(18)8-7(12)9(13)17-16-8;11-6-3-5(13)1-2-7(6)14-10(17)8-4-9(12)16-15-8;7-5-3-4(8)1-2-6(5)9;5-3-1-2(4(6)9)7-8-3;5-3-1-2(4(8)9)6-7-3;5-6-3(7)1-2-4(6)8/h1-3H,(H,15,18)(H,16,17);1-4H,(H,14,17)(H,15,16);1-3H,9H2;1H,(H,7,8);1H,(H,6,7)(H,8,9);1-2H2. The fraction of sp³-hybridized carbons (Fsp3) is 0.0526. The summed E-state index contributed by atoms with van der Waals surface area (Å²) in [6.45, 7) is 0. The number of carboxylic acids is 1. The quantitative estimate of drug-likeness (QED) is 0.0334. The fourth-order valence-electron chi connectivity index (χ4n) is 4.28. The molecule has 8 rings (SSSR count). The highest BCUT2D eigenvalue weighted by molar-refractivity contribution is 6.67. The van der Waals surface area contributed by atoms with Crippen LogP contribution in [0.3, 0.4) is 0 Å². The maximum absolute atomic E-state index is 12.8. The van der Waals surface area contributed by atoms with Crippen molar-refractivity contribution in [3.8, 4) is 0 Å². The van der Waals surface area contributed by atoms with Crippen LogP contribution < -0.4 is 16.4 Å². The number of nitrogens with one attached hydrogen (secondary N) is 6. The van der Waals surface area contributed by atoms with Crippen molar-refractivity contribution in [3.63, 3.8) is 0 Å². The maximum Gasteiger partial charge on any atom is 0.356 e. The van der Waals surface area contributed by atoms with Gasteiger partial charge in [0.1, 0.15) is 48.8 Å². The van der Waals surface area contributed by atoms with Gasteiger partial charge in [-0.25, -0.2) is 18.0 Å². The molecule has 70 heavy (non-hydrogen) atoms. The van der Waals surface area contributed by atoms with Crippen LogP contribution in [0.4, 0.5) is 30.2 Å². The number of aromatic carboxylic acids is 1. The number of anilines is 3. The first kappa shape index (κ1) is 58.5. The van der Waals surface area contributed by atoms with Crippen molar-refractivity contribution in [2.24, 2.45) is 0 Å². The van der Waals surface area contributed by atoms with Gasteiger partial charge in [-0.3, -0.25) is 44.4 Å². The number of imide groups is 1. The Bertz CT molecular complexity index is 2930. The van der Waals surface area contributed by atoms with Crippen LogP contribution in [0.2, 0.25) is 40.7 Å². The molecule has 1 saturated heterocycles. The molecule has 19 nitrogen and oxygen atoms in total. The summed E-state index contributed by atoms with van der Waals surface area (Å²) in [5.41, 5.74) is 6.37. The summed E-state index contributed by atoms with van der Waals surface area (Å²) in [5.74, 6) is -4.10. The van der Waals surface area contributed by atoms with Gasteiger partial charge < -0.3 is 21.5 Å². The van der Waals surface area contributed by atoms with Gasteiger partial charge in [-0.2, -0.15) is 24.8 Å². The molecule has 1 aliphatic heterocycles. The van der Waals surface area contributed by atoms with Crippen molar-refractivity contribution in [1.29, 1.82) is 0 Å². The summed E-state index contributed by atoms with van der Waals surface area (Å²) in [6.07, 6.45) is 0.532. The fourth-order valence-corrected chi connectivity index (χ4v) is 5.88. The van der Waals surface area contributed by atoms with Crippen LogP contribution in [-0.2, 0) is 9.59 Å². The number of nitrogens with zero attached hydrogens (tertiary/aromatic N) is 5. The van der Waals surface area contributed by atoms with Gasteiger partial charge >= 0.3 is 5.97 Å². The van der Waals surface area contributed by atoms with E-state index in [4.69, 9.17) is 127 Å². The molecule has 4 amide bonds. The first-order valence-corrected chi connectivity index (χ1v) is 21.8. The van der Waals surface area contributed by atoms with Crippen molar-refractivity contribution in [2.75, 3.05) is 16.4 Å². The number of benzene rings is 3. The predicted molar refractivity (Wildman–Crippen MR) is 258 cm³/mol. The number of nitrogens with two attached hydrogens (primary N) is 1. The van der Waals surface area contributed by atoms with Crippen molar-refractivity contribution >= 4 is 168 Å². The second-order valence-corrected chi connectivity index (χ2v) is 16.4. The van der Waals surface area contributed by atoms with E-state index >= 15 is 0 Å². The number of nitrogen functional groups attached to an aromatic ring is 1. The van der Waals surface area contributed by atoms with Gasteiger partial charge in [0.05, 0.1) is 32.1 Å². The number of H-pyrrole nitrogens is 4. The first-order chi connectivity index (χ1) is 32.9. The van der Waals surface area contributed by atoms with Crippen molar-refractivity contribution in [1.82, 2.24) is 45.2 Å². The highest BCUT2D eigenvalue weighted by Gasteiger charge is 2.27. The summed E-state index contributed by atoms with van der Waals surface area (Å²) in [5, 5.41) is 37.4. The molecule has 0 unspecified atom stereocenters. The molecular formula is C38H25Cl10F3N12O7. The highest BCUT2D eigenvalue weighted by atomic mass is 35.5. The van der Waals surface area contributed by atoms with Crippen molar-refractivity contribution < 1.29 is 47.0 Å². The van der Waals surface area contributed by atoms with Crippen LogP contribution in [0.1, 0.15) is 54.8 Å². The van der Waals surface area contributed by atoms with E-state index in [9.17, 15) is 41.9 Å². The summed E-state index contributed by atoms with van der Waals surface area (Å²) in [4.78, 5) is 64.5. The summed E-state index contributed by atoms with van der Waals surface area (Å²) in [6, 6.07) is 15.1. The van der Waals surface area contributed by atoms with Gasteiger partial charge in [0.2, 0.25) is 11.8 Å². The van der Waals surface area contributed by atoms with E-state index in [0.717, 1.165) is 12.1 Å². The largest absolute Gasteiger partial charge is 0.476 e. The van der Waals surface area contributed by atoms with Gasteiger partial charge in [0.15, 0.2) is 17.1 Å². The average Bonchev–Trinajstić information content (AvgIpc) is 4.16. The number of carbonyl (C=O) groups excluding carboxylic acids is 5. The predicted octanol–water partition coefficient (Wildman–Crippen LogP) is 11.4. The molecule has 7 aromatic rings. The van der Waals surface area contributed by atoms with E-state index in [1.54, 1.807) is 0 Å². The van der Waals surface area contributed by atoms with E-state index < -0.39 is 34.7 Å². The molecule has 0 spiro atoms. The highest BCUT2D eigenvalue weighted by Crippen LogP contribution is 2.27. The summed E-state index contributed by atoms with van der Waals surface area (Å²) < 4.78 is 38.4. The number of halogens is 13. The Labute approximate surface area is 440 Å². The Morgan fingerprint density at radius 3 is 1.30 bits per heavy atom. The lowest BCUT2D eigenvalue weighted by atomic mass is 10.3. The van der Waals surface area contributed by atoms with E-state index in [1.807, 2.05) is 0 Å². The molecule has 9 N–H and O–H groups in total. The van der Waals surface area contributed by atoms with Gasteiger partial charge in [-0.15, -0.1) is 0 Å². The summed E-state index contributed by atoms with van der Waals surface area (Å²) >= 11 is 54.8. The zero-order chi connectivity index (χ0) is 52.4. The minimum absolute atomic E-state index is 0.00685. The van der Waals surface area contributed by atoms with Gasteiger partial charge in [-0.05, 0) is 66.2 Å². The molecule has 1 fully saturated rings. The number of rotatable bonds is 6. The molecule has 370 valence electrons. The third-order valence-corrected chi connectivity index (χ3v) is 10.3. The minimum Gasteiger partial charge on any atom is -0.476 e. The lowest BCUT2D eigenvalue weighted by molar-refractivity contribution is -0.132. The Balaban J connectivity index is 0.000000230. The molecule has 0 radical (unpaired) electrons. The Morgan fingerprint density at radius 2 is 1.00 bits per heavy atom. The number of hydrogen-bond donors (Lipinski definition) is 8.